The summed E-state index contributed by atoms with van der Waals surface area (Å²) in [5, 5.41) is 6.62. The van der Waals surface area contributed by atoms with Crippen LogP contribution in [0.15, 0.2) is 0 Å². The van der Waals surface area contributed by atoms with Crippen LogP contribution in [0.1, 0.15) is 92.9 Å². The zero-order chi connectivity index (χ0) is 22.8. The van der Waals surface area contributed by atoms with Crippen LogP contribution < -0.4 is 10.6 Å². The zero-order valence-electron chi connectivity index (χ0n) is 21.2. The van der Waals surface area contributed by atoms with E-state index >= 15 is 0 Å². The van der Waals surface area contributed by atoms with Crippen molar-refractivity contribution in [2.45, 2.75) is 105 Å². The van der Waals surface area contributed by atoms with Gasteiger partial charge in [-0.3, -0.25) is 9.59 Å². The molecular formula is C24H50Cl2N2O4. The third kappa shape index (κ3) is 20.1. The monoisotopic (exact) mass is 500 g/mol. The molecular weight excluding hydrogens is 451 g/mol. The van der Waals surface area contributed by atoms with Crippen LogP contribution >= 0.6 is 24.8 Å². The van der Waals surface area contributed by atoms with Crippen molar-refractivity contribution in [1.29, 1.82) is 0 Å². The lowest BCUT2D eigenvalue weighted by Gasteiger charge is -2.22. The molecule has 0 aromatic carbocycles. The average Bonchev–Trinajstić information content (AvgIpc) is 2.69. The van der Waals surface area contributed by atoms with Crippen LogP contribution in [0.5, 0.6) is 0 Å². The van der Waals surface area contributed by atoms with Crippen LogP contribution in [-0.2, 0) is 19.1 Å². The number of esters is 2. The lowest BCUT2D eigenvalue weighted by atomic mass is 10.0. The first-order valence-corrected chi connectivity index (χ1v) is 12.1. The molecule has 0 bridgehead atoms. The van der Waals surface area contributed by atoms with Gasteiger partial charge in [0.15, 0.2) is 0 Å². The molecule has 0 aliphatic heterocycles. The van der Waals surface area contributed by atoms with Gasteiger partial charge in [-0.2, -0.15) is 0 Å². The summed E-state index contributed by atoms with van der Waals surface area (Å²) < 4.78 is 10.9. The normalized spacial score (nSPS) is 12.6. The van der Waals surface area contributed by atoms with Gasteiger partial charge in [-0.15, -0.1) is 24.8 Å². The van der Waals surface area contributed by atoms with E-state index in [0.29, 0.717) is 38.1 Å². The molecule has 6 nitrogen and oxygen atoms in total. The van der Waals surface area contributed by atoms with E-state index in [2.05, 4.69) is 52.2 Å². The average molecular weight is 502 g/mol. The van der Waals surface area contributed by atoms with Gasteiger partial charge >= 0.3 is 11.9 Å². The van der Waals surface area contributed by atoms with Crippen LogP contribution in [0.25, 0.3) is 0 Å². The topological polar surface area (TPSA) is 76.7 Å². The molecule has 8 heteroatoms. The van der Waals surface area contributed by atoms with Crippen molar-refractivity contribution >= 4 is 36.8 Å². The first-order chi connectivity index (χ1) is 14.3. The van der Waals surface area contributed by atoms with E-state index in [0.717, 1.165) is 51.4 Å². The van der Waals surface area contributed by atoms with Gasteiger partial charge in [0, 0.05) is 13.1 Å². The predicted molar refractivity (Wildman–Crippen MR) is 138 cm³/mol. The van der Waals surface area contributed by atoms with Crippen LogP contribution in [-0.4, -0.2) is 50.3 Å². The Kier molecular flexibility index (Phi) is 26.6. The first-order valence-electron chi connectivity index (χ1n) is 12.1. The molecule has 0 rings (SSSR count). The second-order valence-electron chi connectivity index (χ2n) is 9.02. The summed E-state index contributed by atoms with van der Waals surface area (Å²) in [6, 6.07) is -0.615. The van der Waals surface area contributed by atoms with Crippen molar-refractivity contribution in [3.63, 3.8) is 0 Å². The Labute approximate surface area is 209 Å². The fourth-order valence-corrected chi connectivity index (χ4v) is 3.21. The number of unbranched alkanes of at least 4 members (excludes halogenated alkanes) is 4. The van der Waals surface area contributed by atoms with Gasteiger partial charge in [-0.1, -0.05) is 67.2 Å². The molecule has 0 fully saturated rings. The zero-order valence-corrected chi connectivity index (χ0v) is 22.9. The summed E-state index contributed by atoms with van der Waals surface area (Å²) in [7, 11) is 0. The van der Waals surface area contributed by atoms with Crippen LogP contribution in [0.4, 0.5) is 0 Å². The number of rotatable bonds is 19. The summed E-state index contributed by atoms with van der Waals surface area (Å²) in [6.07, 6.45) is 7.66. The summed E-state index contributed by atoms with van der Waals surface area (Å²) in [4.78, 5) is 24.8. The summed E-state index contributed by atoms with van der Waals surface area (Å²) in [5.74, 6) is 0.443. The molecule has 0 saturated heterocycles. The number of carbonyl (C=O) groups is 2. The number of carbonyl (C=O) groups excluding carboxylic acids is 2. The van der Waals surface area contributed by atoms with E-state index in [9.17, 15) is 9.59 Å². The van der Waals surface area contributed by atoms with Crippen LogP contribution in [0.2, 0.25) is 0 Å². The molecule has 0 unspecified atom stereocenters. The minimum Gasteiger partial charge on any atom is -0.465 e. The highest BCUT2D eigenvalue weighted by Gasteiger charge is 2.23. The first kappa shape index (κ1) is 36.0. The number of ether oxygens (including phenoxy) is 2. The Hall–Kier alpha value is -0.560. The van der Waals surface area contributed by atoms with Crippen LogP contribution in [0, 0.1) is 11.8 Å². The van der Waals surface area contributed by atoms with Gasteiger partial charge < -0.3 is 20.1 Å². The highest BCUT2D eigenvalue weighted by molar-refractivity contribution is 5.85. The number of hydrogen-bond acceptors (Lipinski definition) is 6. The van der Waals surface area contributed by atoms with Crippen molar-refractivity contribution in [1.82, 2.24) is 10.6 Å². The van der Waals surface area contributed by atoms with Crippen LogP contribution in [0.3, 0.4) is 0 Å². The lowest BCUT2D eigenvalue weighted by Crippen LogP contribution is -2.46. The highest BCUT2D eigenvalue weighted by atomic mass is 35.5. The molecule has 0 heterocycles. The summed E-state index contributed by atoms with van der Waals surface area (Å²) >= 11 is 0. The number of hydrogen-bond donors (Lipinski definition) is 2. The molecule has 0 aromatic heterocycles. The maximum absolute atomic E-state index is 12.4. The highest BCUT2D eigenvalue weighted by Crippen LogP contribution is 2.09. The molecule has 2 N–H and O–H groups in total. The minimum absolute atomic E-state index is 0. The Balaban J connectivity index is -0.00000420. The maximum atomic E-state index is 12.4. The molecule has 0 aliphatic rings. The maximum Gasteiger partial charge on any atom is 0.323 e. The number of halogens is 2. The predicted octanol–water partition coefficient (Wildman–Crippen LogP) is 5.31. The Morgan fingerprint density at radius 1 is 0.656 bits per heavy atom. The molecule has 194 valence electrons. The molecule has 0 saturated carbocycles. The van der Waals surface area contributed by atoms with Gasteiger partial charge in [0.2, 0.25) is 0 Å². The smallest absolute Gasteiger partial charge is 0.323 e. The van der Waals surface area contributed by atoms with E-state index in [1.807, 2.05) is 0 Å². The standard InChI is InChI=1S/C24H48N2O4.2ClH/c1-7-9-11-15-29-23(27)21(17-19(3)4)25-13-14-26-22(18-20(5)6)24(28)30-16-12-10-8-2;;/h19-22,25-26H,7-18H2,1-6H3;2*1H/t21-,22-;;/m0../s1. The molecule has 0 radical (unpaired) electrons. The summed E-state index contributed by atoms with van der Waals surface area (Å²) in [5.41, 5.74) is 0. The second-order valence-corrected chi connectivity index (χ2v) is 9.02. The van der Waals surface area contributed by atoms with Crippen molar-refractivity contribution in [2.24, 2.45) is 11.8 Å². The Morgan fingerprint density at radius 3 is 1.28 bits per heavy atom. The molecule has 2 atom stereocenters. The quantitative estimate of drug-likeness (QED) is 0.185. The summed E-state index contributed by atoms with van der Waals surface area (Å²) in [6.45, 7) is 14.8. The van der Waals surface area contributed by atoms with E-state index in [4.69, 9.17) is 9.47 Å². The molecule has 0 spiro atoms. The molecule has 0 aromatic rings. The largest absolute Gasteiger partial charge is 0.465 e. The Bertz CT molecular complexity index is 412. The molecule has 32 heavy (non-hydrogen) atoms. The van der Waals surface area contributed by atoms with Crippen molar-refractivity contribution < 1.29 is 19.1 Å². The fourth-order valence-electron chi connectivity index (χ4n) is 3.21. The van der Waals surface area contributed by atoms with Gasteiger partial charge in [0.25, 0.3) is 0 Å². The van der Waals surface area contributed by atoms with E-state index < -0.39 is 0 Å². The van der Waals surface area contributed by atoms with Crippen molar-refractivity contribution in [3.8, 4) is 0 Å². The van der Waals surface area contributed by atoms with Gasteiger partial charge in [-0.05, 0) is 37.5 Å². The Morgan fingerprint density at radius 2 is 1.00 bits per heavy atom. The van der Waals surface area contributed by atoms with Gasteiger partial charge in [0.1, 0.15) is 12.1 Å². The molecule has 0 aliphatic carbocycles. The van der Waals surface area contributed by atoms with E-state index in [-0.39, 0.29) is 48.8 Å². The molecule has 0 amide bonds. The van der Waals surface area contributed by atoms with Crippen molar-refractivity contribution in [2.75, 3.05) is 26.3 Å². The third-order valence-corrected chi connectivity index (χ3v) is 4.87. The number of nitrogens with one attached hydrogen (secondary N) is 2. The minimum atomic E-state index is -0.307. The van der Waals surface area contributed by atoms with E-state index in [1.165, 1.54) is 0 Å². The van der Waals surface area contributed by atoms with Gasteiger partial charge in [0.05, 0.1) is 13.2 Å². The van der Waals surface area contributed by atoms with Crippen molar-refractivity contribution in [3.05, 3.63) is 0 Å². The van der Waals surface area contributed by atoms with Gasteiger partial charge in [-0.25, -0.2) is 0 Å². The van der Waals surface area contributed by atoms with E-state index in [1.54, 1.807) is 0 Å². The second kappa shape index (κ2) is 23.6. The SMILES string of the molecule is CCCCCOC(=O)[C@H](CC(C)C)NCCN[C@@H](CC(C)C)C(=O)OCCCCC.Cl.Cl. The fraction of sp³-hybridized carbons (Fsp3) is 0.917. The lowest BCUT2D eigenvalue weighted by molar-refractivity contribution is -0.148. The third-order valence-electron chi connectivity index (χ3n) is 4.87.